The van der Waals surface area contributed by atoms with Gasteiger partial charge >= 0.3 is 0 Å². The monoisotopic (exact) mass is 249 g/mol. The quantitative estimate of drug-likeness (QED) is 0.788. The molecule has 4 heteroatoms. The normalized spacial score (nSPS) is 18.4. The molecule has 0 aromatic carbocycles. The summed E-state index contributed by atoms with van der Waals surface area (Å²) in [6.07, 6.45) is 2.55. The first kappa shape index (κ1) is 10.7. The number of thiophene rings is 1. The SMILES string of the molecule is ClCC1(CNCc2ccc(Cl)s2)CC1. The number of alkyl halides is 1. The highest BCUT2D eigenvalue weighted by Gasteiger charge is 2.41. The lowest BCUT2D eigenvalue weighted by molar-refractivity contribution is 0.506. The summed E-state index contributed by atoms with van der Waals surface area (Å²) in [6, 6.07) is 4.01. The molecule has 0 unspecified atom stereocenters. The number of hydrogen-bond acceptors (Lipinski definition) is 2. The first-order valence-corrected chi connectivity index (χ1v) is 6.48. The van der Waals surface area contributed by atoms with E-state index in [1.165, 1.54) is 17.7 Å². The van der Waals surface area contributed by atoms with E-state index >= 15 is 0 Å². The van der Waals surface area contributed by atoms with E-state index in [0.29, 0.717) is 5.41 Å². The first-order valence-electron chi connectivity index (χ1n) is 4.75. The Bertz CT molecular complexity index is 307. The molecule has 14 heavy (non-hydrogen) atoms. The van der Waals surface area contributed by atoms with E-state index in [2.05, 4.69) is 11.4 Å². The van der Waals surface area contributed by atoms with Crippen LogP contribution in [-0.4, -0.2) is 12.4 Å². The van der Waals surface area contributed by atoms with Crippen LogP contribution in [-0.2, 0) is 6.54 Å². The van der Waals surface area contributed by atoms with Crippen molar-refractivity contribution in [2.24, 2.45) is 5.41 Å². The molecule has 0 bridgehead atoms. The summed E-state index contributed by atoms with van der Waals surface area (Å²) < 4.78 is 0.861. The zero-order valence-corrected chi connectivity index (χ0v) is 10.2. The molecule has 0 aliphatic heterocycles. The fourth-order valence-corrected chi connectivity index (χ4v) is 2.85. The zero-order chi connectivity index (χ0) is 10.0. The van der Waals surface area contributed by atoms with Crippen molar-refractivity contribution in [3.8, 4) is 0 Å². The van der Waals surface area contributed by atoms with Crippen molar-refractivity contribution in [1.29, 1.82) is 0 Å². The minimum atomic E-state index is 0.405. The summed E-state index contributed by atoms with van der Waals surface area (Å²) >= 11 is 13.4. The van der Waals surface area contributed by atoms with E-state index in [0.717, 1.165) is 23.3 Å². The molecule has 1 fully saturated rings. The number of hydrogen-bond donors (Lipinski definition) is 1. The molecule has 1 nitrogen and oxygen atoms in total. The summed E-state index contributed by atoms with van der Waals surface area (Å²) in [7, 11) is 0. The van der Waals surface area contributed by atoms with Gasteiger partial charge in [-0.05, 0) is 30.4 Å². The van der Waals surface area contributed by atoms with Gasteiger partial charge in [-0.3, -0.25) is 0 Å². The predicted octanol–water partition coefficient (Wildman–Crippen LogP) is 3.51. The van der Waals surface area contributed by atoms with Crippen LogP contribution in [0.4, 0.5) is 0 Å². The smallest absolute Gasteiger partial charge is 0.0931 e. The third kappa shape index (κ3) is 2.63. The van der Waals surface area contributed by atoms with Crippen LogP contribution < -0.4 is 5.32 Å². The number of halogens is 2. The zero-order valence-electron chi connectivity index (χ0n) is 7.85. The average Bonchev–Trinajstić information content (AvgIpc) is 2.84. The molecule has 0 atom stereocenters. The molecule has 78 valence electrons. The second-order valence-corrected chi connectivity index (χ2v) is 6.01. The summed E-state index contributed by atoms with van der Waals surface area (Å²) in [6.45, 7) is 1.95. The van der Waals surface area contributed by atoms with Crippen molar-refractivity contribution in [3.05, 3.63) is 21.3 Å². The van der Waals surface area contributed by atoms with Crippen LogP contribution >= 0.6 is 34.5 Å². The fourth-order valence-electron chi connectivity index (χ4n) is 1.43. The maximum Gasteiger partial charge on any atom is 0.0931 e. The summed E-state index contributed by atoms with van der Waals surface area (Å²) in [5, 5.41) is 3.44. The van der Waals surface area contributed by atoms with E-state index in [-0.39, 0.29) is 0 Å². The third-order valence-electron chi connectivity index (χ3n) is 2.67. The summed E-state index contributed by atoms with van der Waals surface area (Å²) in [4.78, 5) is 1.29. The van der Waals surface area contributed by atoms with Gasteiger partial charge in [0.2, 0.25) is 0 Å². The molecule has 1 aromatic rings. The highest BCUT2D eigenvalue weighted by atomic mass is 35.5. The van der Waals surface area contributed by atoms with Crippen molar-refractivity contribution < 1.29 is 0 Å². The topological polar surface area (TPSA) is 12.0 Å². The number of rotatable bonds is 5. The largest absolute Gasteiger partial charge is 0.311 e. The summed E-state index contributed by atoms with van der Waals surface area (Å²) in [5.74, 6) is 0.783. The van der Waals surface area contributed by atoms with Gasteiger partial charge in [-0.15, -0.1) is 22.9 Å². The molecule has 1 heterocycles. The van der Waals surface area contributed by atoms with Crippen LogP contribution in [0.2, 0.25) is 4.34 Å². The Hall–Kier alpha value is 0.240. The third-order valence-corrected chi connectivity index (χ3v) is 4.47. The van der Waals surface area contributed by atoms with Gasteiger partial charge in [-0.2, -0.15) is 0 Å². The van der Waals surface area contributed by atoms with E-state index in [4.69, 9.17) is 23.2 Å². The molecular weight excluding hydrogens is 237 g/mol. The lowest BCUT2D eigenvalue weighted by atomic mass is 10.1. The standard InChI is InChI=1S/C10H13Cl2NS/c11-6-10(3-4-10)7-13-5-8-1-2-9(12)14-8/h1-2,13H,3-7H2. The minimum absolute atomic E-state index is 0.405. The molecule has 1 saturated carbocycles. The van der Waals surface area contributed by atoms with Gasteiger partial charge < -0.3 is 5.32 Å². The van der Waals surface area contributed by atoms with Crippen LogP contribution in [0.1, 0.15) is 17.7 Å². The lowest BCUT2D eigenvalue weighted by Gasteiger charge is -2.11. The van der Waals surface area contributed by atoms with Crippen molar-refractivity contribution in [2.45, 2.75) is 19.4 Å². The Morgan fingerprint density at radius 2 is 2.21 bits per heavy atom. The molecule has 1 aromatic heterocycles. The Morgan fingerprint density at radius 1 is 1.43 bits per heavy atom. The predicted molar refractivity (Wildman–Crippen MR) is 63.4 cm³/mol. The molecule has 1 aliphatic rings. The van der Waals surface area contributed by atoms with Gasteiger partial charge in [0.15, 0.2) is 0 Å². The van der Waals surface area contributed by atoms with E-state index in [9.17, 15) is 0 Å². The Kier molecular flexibility index (Phi) is 3.38. The Morgan fingerprint density at radius 3 is 2.71 bits per heavy atom. The number of nitrogens with one attached hydrogen (secondary N) is 1. The second kappa shape index (κ2) is 4.40. The van der Waals surface area contributed by atoms with Gasteiger partial charge in [0.1, 0.15) is 0 Å². The molecule has 0 radical (unpaired) electrons. The maximum atomic E-state index is 5.88. The van der Waals surface area contributed by atoms with Crippen LogP contribution in [0, 0.1) is 5.41 Å². The van der Waals surface area contributed by atoms with Crippen molar-refractivity contribution in [2.75, 3.05) is 12.4 Å². The van der Waals surface area contributed by atoms with Crippen LogP contribution in [0.25, 0.3) is 0 Å². The lowest BCUT2D eigenvalue weighted by Crippen LogP contribution is -2.24. The van der Waals surface area contributed by atoms with Crippen molar-refractivity contribution >= 4 is 34.5 Å². The van der Waals surface area contributed by atoms with Crippen LogP contribution in [0.3, 0.4) is 0 Å². The van der Waals surface area contributed by atoms with Crippen LogP contribution in [0.5, 0.6) is 0 Å². The van der Waals surface area contributed by atoms with Crippen molar-refractivity contribution in [1.82, 2.24) is 5.32 Å². The highest BCUT2D eigenvalue weighted by molar-refractivity contribution is 7.16. The minimum Gasteiger partial charge on any atom is -0.311 e. The van der Waals surface area contributed by atoms with Gasteiger partial charge in [0.25, 0.3) is 0 Å². The first-order chi connectivity index (χ1) is 6.74. The van der Waals surface area contributed by atoms with Crippen molar-refractivity contribution in [3.63, 3.8) is 0 Å². The molecule has 0 spiro atoms. The summed E-state index contributed by atoms with van der Waals surface area (Å²) in [5.41, 5.74) is 0.405. The molecule has 0 amide bonds. The molecular formula is C10H13Cl2NS. The molecule has 0 saturated heterocycles. The van der Waals surface area contributed by atoms with Gasteiger partial charge in [-0.1, -0.05) is 11.6 Å². The highest BCUT2D eigenvalue weighted by Crippen LogP contribution is 2.45. The molecule has 1 N–H and O–H groups in total. The fraction of sp³-hybridized carbons (Fsp3) is 0.600. The molecule has 1 aliphatic carbocycles. The van der Waals surface area contributed by atoms with Gasteiger partial charge in [-0.25, -0.2) is 0 Å². The second-order valence-electron chi connectivity index (χ2n) is 3.94. The van der Waals surface area contributed by atoms with E-state index in [1.54, 1.807) is 11.3 Å². The van der Waals surface area contributed by atoms with Gasteiger partial charge in [0, 0.05) is 23.8 Å². The van der Waals surface area contributed by atoms with Crippen LogP contribution in [0.15, 0.2) is 12.1 Å². The average molecular weight is 250 g/mol. The molecule has 2 rings (SSSR count). The van der Waals surface area contributed by atoms with E-state index < -0.39 is 0 Å². The maximum absolute atomic E-state index is 5.88. The Balaban J connectivity index is 1.73. The van der Waals surface area contributed by atoms with Gasteiger partial charge in [0.05, 0.1) is 4.34 Å². The van der Waals surface area contributed by atoms with E-state index in [1.807, 2.05) is 6.07 Å². The Labute approximate surface area is 98.4 Å².